The molecule has 0 radical (unpaired) electrons. The van der Waals surface area contributed by atoms with E-state index >= 15 is 0 Å². The molecule has 2 aliphatic rings. The van der Waals surface area contributed by atoms with Crippen LogP contribution in [0.1, 0.15) is 63.2 Å². The summed E-state index contributed by atoms with van der Waals surface area (Å²) in [4.78, 5) is 34.0. The molecule has 1 unspecified atom stereocenters. The fourth-order valence-corrected chi connectivity index (χ4v) is 4.01. The number of rotatable bonds is 4. The molecule has 0 aromatic carbocycles. The molecule has 3 heterocycles. The highest BCUT2D eigenvalue weighted by atomic mass is 16.2. The van der Waals surface area contributed by atoms with Crippen LogP contribution in [0, 0.1) is 11.3 Å². The Morgan fingerprint density at radius 1 is 1.14 bits per heavy atom. The van der Waals surface area contributed by atoms with Gasteiger partial charge >= 0.3 is 0 Å². The minimum Gasteiger partial charge on any atom is -0.356 e. The molecule has 0 spiro atoms. The lowest BCUT2D eigenvalue weighted by Gasteiger charge is -2.35. The number of nitrogens with one attached hydrogen (secondary N) is 1. The van der Waals surface area contributed by atoms with Gasteiger partial charge in [-0.05, 0) is 50.2 Å². The van der Waals surface area contributed by atoms with Crippen LogP contribution in [0.4, 0.5) is 5.82 Å². The van der Waals surface area contributed by atoms with E-state index in [-0.39, 0.29) is 17.2 Å². The lowest BCUT2D eigenvalue weighted by Crippen LogP contribution is -2.44. The summed E-state index contributed by atoms with van der Waals surface area (Å²) in [6.07, 6.45) is 7.28. The first-order valence-electron chi connectivity index (χ1n) is 10.6. The molecule has 0 bridgehead atoms. The molecule has 0 saturated carbocycles. The van der Waals surface area contributed by atoms with Gasteiger partial charge in [-0.15, -0.1) is 0 Å². The lowest BCUT2D eigenvalue weighted by molar-refractivity contribution is -0.128. The number of hydrogen-bond donors (Lipinski definition) is 1. The third-order valence-corrected chi connectivity index (χ3v) is 5.71. The van der Waals surface area contributed by atoms with Gasteiger partial charge in [0.15, 0.2) is 0 Å². The molecule has 2 aliphatic heterocycles. The van der Waals surface area contributed by atoms with Crippen LogP contribution in [0.2, 0.25) is 0 Å². The van der Waals surface area contributed by atoms with Gasteiger partial charge < -0.3 is 15.1 Å². The fourth-order valence-electron chi connectivity index (χ4n) is 4.01. The maximum Gasteiger partial charge on any atom is 0.257 e. The van der Waals surface area contributed by atoms with Gasteiger partial charge in [-0.25, -0.2) is 4.98 Å². The van der Waals surface area contributed by atoms with Crippen molar-refractivity contribution >= 4 is 17.6 Å². The van der Waals surface area contributed by atoms with Crippen LogP contribution in [0.15, 0.2) is 18.3 Å². The second-order valence-corrected chi connectivity index (χ2v) is 9.14. The van der Waals surface area contributed by atoms with E-state index in [1.807, 2.05) is 37.8 Å². The molecule has 28 heavy (non-hydrogen) atoms. The fraction of sp³-hybridized carbons (Fsp3) is 0.682. The Morgan fingerprint density at radius 2 is 1.89 bits per heavy atom. The molecule has 6 heteroatoms. The van der Waals surface area contributed by atoms with Crippen molar-refractivity contribution in [1.29, 1.82) is 0 Å². The van der Waals surface area contributed by atoms with Crippen LogP contribution in [-0.2, 0) is 4.79 Å². The van der Waals surface area contributed by atoms with Crippen LogP contribution in [-0.4, -0.2) is 54.4 Å². The van der Waals surface area contributed by atoms with E-state index in [9.17, 15) is 9.59 Å². The summed E-state index contributed by atoms with van der Waals surface area (Å²) >= 11 is 0. The van der Waals surface area contributed by atoms with Crippen molar-refractivity contribution in [3.8, 4) is 0 Å². The number of hydrogen-bond acceptors (Lipinski definition) is 4. The monoisotopic (exact) mass is 386 g/mol. The third kappa shape index (κ3) is 5.03. The van der Waals surface area contributed by atoms with Crippen LogP contribution in [0.5, 0.6) is 0 Å². The largest absolute Gasteiger partial charge is 0.356 e. The zero-order valence-corrected chi connectivity index (χ0v) is 17.5. The van der Waals surface area contributed by atoms with Crippen molar-refractivity contribution in [2.75, 3.05) is 37.6 Å². The molecule has 6 nitrogen and oxygen atoms in total. The number of carbonyl (C=O) groups is 2. The number of anilines is 1. The SMILES string of the molecule is CC(C)(C)C(=O)NCC1CCCN(c2ncccc2C(=O)N2CCCCC2)C1. The summed E-state index contributed by atoms with van der Waals surface area (Å²) in [5.74, 6) is 1.36. The molecule has 2 amide bonds. The molecule has 0 aliphatic carbocycles. The van der Waals surface area contributed by atoms with Gasteiger partial charge in [0.05, 0.1) is 5.56 Å². The Bertz CT molecular complexity index is 692. The average Bonchev–Trinajstić information content (AvgIpc) is 2.71. The Kier molecular flexibility index (Phi) is 6.57. The van der Waals surface area contributed by atoms with E-state index in [1.165, 1.54) is 6.42 Å². The zero-order valence-electron chi connectivity index (χ0n) is 17.5. The van der Waals surface area contributed by atoms with E-state index in [4.69, 9.17) is 0 Å². The van der Waals surface area contributed by atoms with E-state index in [0.717, 1.165) is 57.7 Å². The Hall–Kier alpha value is -2.11. The molecule has 2 fully saturated rings. The average molecular weight is 387 g/mol. The van der Waals surface area contributed by atoms with Crippen LogP contribution >= 0.6 is 0 Å². The predicted molar refractivity (Wildman–Crippen MR) is 111 cm³/mol. The maximum absolute atomic E-state index is 13.1. The van der Waals surface area contributed by atoms with Gasteiger partial charge in [0.1, 0.15) is 5.82 Å². The Morgan fingerprint density at radius 3 is 2.61 bits per heavy atom. The predicted octanol–water partition coefficient (Wildman–Crippen LogP) is 3.09. The van der Waals surface area contributed by atoms with Crippen LogP contribution in [0.3, 0.4) is 0 Å². The first kappa shape index (κ1) is 20.6. The third-order valence-electron chi connectivity index (χ3n) is 5.71. The number of pyridine rings is 1. The summed E-state index contributed by atoms with van der Waals surface area (Å²) < 4.78 is 0. The summed E-state index contributed by atoms with van der Waals surface area (Å²) in [5, 5.41) is 3.09. The van der Waals surface area contributed by atoms with Gasteiger partial charge in [0, 0.05) is 44.3 Å². The summed E-state index contributed by atoms with van der Waals surface area (Å²) in [6.45, 7) is 9.88. The molecular weight excluding hydrogens is 352 g/mol. The topological polar surface area (TPSA) is 65.5 Å². The molecule has 3 rings (SSSR count). The van der Waals surface area contributed by atoms with Gasteiger partial charge in [-0.1, -0.05) is 20.8 Å². The molecule has 1 aromatic heterocycles. The molecule has 2 saturated heterocycles. The highest BCUT2D eigenvalue weighted by Gasteiger charge is 2.28. The Balaban J connectivity index is 1.67. The highest BCUT2D eigenvalue weighted by molar-refractivity contribution is 5.99. The normalized spacial score (nSPS) is 20.8. The summed E-state index contributed by atoms with van der Waals surface area (Å²) in [5.41, 5.74) is 0.340. The lowest BCUT2D eigenvalue weighted by atomic mass is 9.94. The van der Waals surface area contributed by atoms with E-state index in [1.54, 1.807) is 6.20 Å². The number of aromatic nitrogens is 1. The van der Waals surface area contributed by atoms with Crippen LogP contribution < -0.4 is 10.2 Å². The van der Waals surface area contributed by atoms with Gasteiger partial charge in [-0.2, -0.15) is 0 Å². The van der Waals surface area contributed by atoms with Crippen LogP contribution in [0.25, 0.3) is 0 Å². The van der Waals surface area contributed by atoms with Gasteiger partial charge in [-0.3, -0.25) is 9.59 Å². The smallest absolute Gasteiger partial charge is 0.257 e. The van der Waals surface area contributed by atoms with Gasteiger partial charge in [0.25, 0.3) is 5.91 Å². The number of amides is 2. The van der Waals surface area contributed by atoms with Crippen molar-refractivity contribution < 1.29 is 9.59 Å². The first-order valence-corrected chi connectivity index (χ1v) is 10.6. The molecule has 1 N–H and O–H groups in total. The minimum absolute atomic E-state index is 0.0865. The van der Waals surface area contributed by atoms with Gasteiger partial charge in [0.2, 0.25) is 5.91 Å². The number of likely N-dealkylation sites (tertiary alicyclic amines) is 1. The van der Waals surface area contributed by atoms with E-state index in [0.29, 0.717) is 18.0 Å². The second-order valence-electron chi connectivity index (χ2n) is 9.14. The van der Waals surface area contributed by atoms with Crippen molar-refractivity contribution in [1.82, 2.24) is 15.2 Å². The minimum atomic E-state index is -0.372. The van der Waals surface area contributed by atoms with E-state index < -0.39 is 0 Å². The second kappa shape index (κ2) is 8.93. The van der Waals surface area contributed by atoms with Crippen molar-refractivity contribution in [2.24, 2.45) is 11.3 Å². The molecule has 154 valence electrons. The standard InChI is InChI=1S/C22H34N4O2/c1-22(2,3)21(28)24-15-17-9-8-14-26(16-17)19-18(10-7-11-23-19)20(27)25-12-5-4-6-13-25/h7,10-11,17H,4-6,8-9,12-16H2,1-3H3,(H,24,28). The summed E-state index contributed by atoms with van der Waals surface area (Å²) in [7, 11) is 0. The first-order chi connectivity index (χ1) is 13.4. The molecule has 1 aromatic rings. The zero-order chi connectivity index (χ0) is 20.1. The quantitative estimate of drug-likeness (QED) is 0.864. The molecular formula is C22H34N4O2. The van der Waals surface area contributed by atoms with Crippen molar-refractivity contribution in [3.05, 3.63) is 23.9 Å². The number of nitrogens with zero attached hydrogens (tertiary/aromatic N) is 3. The summed E-state index contributed by atoms with van der Waals surface area (Å²) in [6, 6.07) is 3.76. The number of carbonyl (C=O) groups excluding carboxylic acids is 2. The van der Waals surface area contributed by atoms with Crippen molar-refractivity contribution in [3.63, 3.8) is 0 Å². The molecule has 1 atom stereocenters. The van der Waals surface area contributed by atoms with Crippen molar-refractivity contribution in [2.45, 2.75) is 52.9 Å². The maximum atomic E-state index is 13.1. The van der Waals surface area contributed by atoms with E-state index in [2.05, 4.69) is 15.2 Å². The Labute approximate surface area is 168 Å². The number of piperidine rings is 2. The highest BCUT2D eigenvalue weighted by Crippen LogP contribution is 2.26.